The Morgan fingerprint density at radius 3 is 1.66 bits per heavy atom. The van der Waals surface area contributed by atoms with Crippen LogP contribution in [0.3, 0.4) is 0 Å². The average Bonchev–Trinajstić information content (AvgIpc) is 3.04. The Morgan fingerprint density at radius 2 is 1.02 bits per heavy atom. The number of hydrogen-bond acceptors (Lipinski definition) is 5. The van der Waals surface area contributed by atoms with Gasteiger partial charge in [0.1, 0.15) is 24.1 Å². The lowest BCUT2D eigenvalue weighted by Gasteiger charge is -2.42. The van der Waals surface area contributed by atoms with E-state index in [9.17, 15) is 0 Å². The van der Waals surface area contributed by atoms with Crippen LogP contribution in [-0.4, -0.2) is 31.2 Å². The van der Waals surface area contributed by atoms with E-state index in [0.717, 1.165) is 33.2 Å². The molecular formula is C36H34O5. The van der Waals surface area contributed by atoms with E-state index in [1.807, 2.05) is 91.0 Å². The highest BCUT2D eigenvalue weighted by atomic mass is 16.7. The highest BCUT2D eigenvalue weighted by Gasteiger charge is 2.44. The summed E-state index contributed by atoms with van der Waals surface area (Å²) in [5.74, 6) is 0.742. The highest BCUT2D eigenvalue weighted by molar-refractivity contribution is 5.88. The van der Waals surface area contributed by atoms with Crippen molar-refractivity contribution in [3.8, 4) is 5.75 Å². The predicted octanol–water partition coefficient (Wildman–Crippen LogP) is 7.33. The van der Waals surface area contributed by atoms with Gasteiger partial charge < -0.3 is 23.7 Å². The first-order chi connectivity index (χ1) is 20.3. The van der Waals surface area contributed by atoms with Crippen molar-refractivity contribution in [3.63, 3.8) is 0 Å². The molecular weight excluding hydrogens is 512 g/mol. The Hall–Kier alpha value is -4.00. The molecule has 0 aromatic heterocycles. The highest BCUT2D eigenvalue weighted by Crippen LogP contribution is 2.32. The molecule has 0 amide bonds. The lowest BCUT2D eigenvalue weighted by molar-refractivity contribution is -0.278. The summed E-state index contributed by atoms with van der Waals surface area (Å²) in [6.45, 7) is 1.57. The van der Waals surface area contributed by atoms with Crippen LogP contribution in [0.1, 0.15) is 16.7 Å². The molecule has 4 atom stereocenters. The first-order valence-electron chi connectivity index (χ1n) is 14.1. The lowest BCUT2D eigenvalue weighted by Crippen LogP contribution is -2.57. The van der Waals surface area contributed by atoms with E-state index in [1.54, 1.807) is 0 Å². The molecule has 0 saturated carbocycles. The molecule has 1 saturated heterocycles. The smallest absolute Gasteiger partial charge is 0.229 e. The van der Waals surface area contributed by atoms with E-state index in [0.29, 0.717) is 26.4 Å². The van der Waals surface area contributed by atoms with Crippen molar-refractivity contribution in [2.75, 3.05) is 6.61 Å². The van der Waals surface area contributed by atoms with Crippen LogP contribution < -0.4 is 4.74 Å². The molecule has 6 rings (SSSR count). The molecule has 0 unspecified atom stereocenters. The van der Waals surface area contributed by atoms with Crippen molar-refractivity contribution in [1.82, 2.24) is 0 Å². The summed E-state index contributed by atoms with van der Waals surface area (Å²) in [4.78, 5) is 0. The van der Waals surface area contributed by atoms with Gasteiger partial charge in [-0.3, -0.25) is 0 Å². The average molecular weight is 547 g/mol. The summed E-state index contributed by atoms with van der Waals surface area (Å²) in [7, 11) is 0. The van der Waals surface area contributed by atoms with Crippen LogP contribution in [0.25, 0.3) is 10.8 Å². The van der Waals surface area contributed by atoms with Gasteiger partial charge in [-0.05, 0) is 28.1 Å². The first-order valence-corrected chi connectivity index (χ1v) is 14.1. The molecule has 0 spiro atoms. The summed E-state index contributed by atoms with van der Waals surface area (Å²) in [5, 5.41) is 2.12. The third kappa shape index (κ3) is 7.02. The standard InChI is InChI=1S/C36H34O5/c1-4-13-27(14-5-1)23-37-33-26-40-36(41-32-22-12-20-30-19-10-11-21-31(30)32)35(39-25-29-17-8-3-9-18-29)34(33)38-24-28-15-6-2-7-16-28/h1-22,33-36H,23-26H2/t33-,34+,35-,36+/m1/s1. The molecule has 0 aliphatic carbocycles. The van der Waals surface area contributed by atoms with Crippen LogP contribution in [0, 0.1) is 0 Å². The fourth-order valence-electron chi connectivity index (χ4n) is 5.10. The fourth-order valence-corrected chi connectivity index (χ4v) is 5.10. The monoisotopic (exact) mass is 546 g/mol. The second-order valence-electron chi connectivity index (χ2n) is 10.2. The molecule has 5 heteroatoms. The molecule has 41 heavy (non-hydrogen) atoms. The Morgan fingerprint density at radius 1 is 0.512 bits per heavy atom. The van der Waals surface area contributed by atoms with Crippen molar-refractivity contribution in [2.45, 2.75) is 44.4 Å². The third-order valence-corrected chi connectivity index (χ3v) is 7.25. The minimum Gasteiger partial charge on any atom is -0.461 e. The van der Waals surface area contributed by atoms with Crippen molar-refractivity contribution < 1.29 is 23.7 Å². The van der Waals surface area contributed by atoms with Gasteiger partial charge in [0.05, 0.1) is 26.4 Å². The van der Waals surface area contributed by atoms with Crippen molar-refractivity contribution in [2.24, 2.45) is 0 Å². The van der Waals surface area contributed by atoms with Crippen molar-refractivity contribution >= 4 is 10.8 Å². The van der Waals surface area contributed by atoms with Crippen LogP contribution in [0.15, 0.2) is 133 Å². The van der Waals surface area contributed by atoms with E-state index in [1.165, 1.54) is 0 Å². The maximum absolute atomic E-state index is 6.62. The van der Waals surface area contributed by atoms with Gasteiger partial charge in [0.2, 0.25) is 6.29 Å². The van der Waals surface area contributed by atoms with E-state index >= 15 is 0 Å². The van der Waals surface area contributed by atoms with E-state index < -0.39 is 18.5 Å². The van der Waals surface area contributed by atoms with Gasteiger partial charge in [-0.2, -0.15) is 0 Å². The first kappa shape index (κ1) is 27.2. The van der Waals surface area contributed by atoms with E-state index in [4.69, 9.17) is 23.7 Å². The Bertz CT molecular complexity index is 1490. The fraction of sp³-hybridized carbons (Fsp3) is 0.222. The molecule has 5 aromatic carbocycles. The maximum atomic E-state index is 6.62. The summed E-state index contributed by atoms with van der Waals surface area (Å²) in [6, 6.07) is 44.6. The van der Waals surface area contributed by atoms with Gasteiger partial charge in [0.15, 0.2) is 0 Å². The Kier molecular flexibility index (Phi) is 9.00. The van der Waals surface area contributed by atoms with Gasteiger partial charge in [-0.1, -0.05) is 127 Å². The molecule has 5 nitrogen and oxygen atoms in total. The van der Waals surface area contributed by atoms with Crippen molar-refractivity contribution in [1.29, 1.82) is 0 Å². The Balaban J connectivity index is 1.29. The van der Waals surface area contributed by atoms with Gasteiger partial charge in [0.25, 0.3) is 0 Å². The molecule has 208 valence electrons. The van der Waals surface area contributed by atoms with Crippen LogP contribution in [0.5, 0.6) is 5.75 Å². The minimum atomic E-state index is -0.693. The molecule has 5 aromatic rings. The summed E-state index contributed by atoms with van der Waals surface area (Å²) in [6.07, 6.45) is -2.03. The Labute approximate surface area is 241 Å². The topological polar surface area (TPSA) is 46.2 Å². The van der Waals surface area contributed by atoms with Gasteiger partial charge in [-0.25, -0.2) is 0 Å². The largest absolute Gasteiger partial charge is 0.461 e. The summed E-state index contributed by atoms with van der Waals surface area (Å²) >= 11 is 0. The van der Waals surface area contributed by atoms with Gasteiger partial charge >= 0.3 is 0 Å². The zero-order valence-electron chi connectivity index (χ0n) is 22.9. The SMILES string of the molecule is c1ccc(CO[C@@H]2[C@@H](OCc3ccccc3)[C@H](Oc3cccc4ccccc34)OC[C@H]2OCc2ccccc2)cc1. The molecule has 0 N–H and O–H groups in total. The quantitative estimate of drug-likeness (QED) is 0.174. The van der Waals surface area contributed by atoms with Crippen LogP contribution >= 0.6 is 0 Å². The second-order valence-corrected chi connectivity index (χ2v) is 10.2. The van der Waals surface area contributed by atoms with Crippen LogP contribution in [-0.2, 0) is 38.8 Å². The zero-order chi connectivity index (χ0) is 27.7. The summed E-state index contributed by atoms with van der Waals surface area (Å²) in [5.41, 5.74) is 3.23. The zero-order valence-corrected chi connectivity index (χ0v) is 22.9. The lowest BCUT2D eigenvalue weighted by atomic mass is 10.0. The predicted molar refractivity (Wildman–Crippen MR) is 159 cm³/mol. The molecule has 0 radical (unpaired) electrons. The second kappa shape index (κ2) is 13.6. The molecule has 1 heterocycles. The van der Waals surface area contributed by atoms with Crippen molar-refractivity contribution in [3.05, 3.63) is 150 Å². The number of hydrogen-bond donors (Lipinski definition) is 0. The van der Waals surface area contributed by atoms with Crippen LogP contribution in [0.4, 0.5) is 0 Å². The molecule has 1 aliphatic rings. The number of benzene rings is 5. The van der Waals surface area contributed by atoms with Crippen LogP contribution in [0.2, 0.25) is 0 Å². The normalized spacial score (nSPS) is 20.6. The summed E-state index contributed by atoms with van der Waals surface area (Å²) < 4.78 is 32.6. The molecule has 1 fully saturated rings. The number of ether oxygens (including phenoxy) is 5. The third-order valence-electron chi connectivity index (χ3n) is 7.25. The number of rotatable bonds is 11. The molecule has 1 aliphatic heterocycles. The maximum Gasteiger partial charge on any atom is 0.229 e. The van der Waals surface area contributed by atoms with E-state index in [2.05, 4.69) is 42.5 Å². The van der Waals surface area contributed by atoms with E-state index in [-0.39, 0.29) is 6.10 Å². The van der Waals surface area contributed by atoms with Gasteiger partial charge in [-0.15, -0.1) is 0 Å². The van der Waals surface area contributed by atoms with Gasteiger partial charge in [0, 0.05) is 5.39 Å². The minimum absolute atomic E-state index is 0.312. The molecule has 0 bridgehead atoms. The number of fused-ring (bicyclic) bond motifs is 1.